The van der Waals surface area contributed by atoms with Crippen molar-refractivity contribution in [2.75, 3.05) is 13.1 Å². The minimum absolute atomic E-state index is 0.0298. The number of hydrogen-bond acceptors (Lipinski definition) is 4. The lowest BCUT2D eigenvalue weighted by Gasteiger charge is -2.38. The molecule has 31 heavy (non-hydrogen) atoms. The van der Waals surface area contributed by atoms with E-state index in [2.05, 4.69) is 33.0 Å². The fraction of sp³-hybridized carbons (Fsp3) is 0.455. The molecule has 168 valence electrons. The van der Waals surface area contributed by atoms with Gasteiger partial charge in [-0.15, -0.1) is 0 Å². The van der Waals surface area contributed by atoms with Crippen molar-refractivity contribution in [3.63, 3.8) is 0 Å². The van der Waals surface area contributed by atoms with Gasteiger partial charge in [0.15, 0.2) is 0 Å². The van der Waals surface area contributed by atoms with Crippen LogP contribution in [0.2, 0.25) is 0 Å². The van der Waals surface area contributed by atoms with E-state index in [0.29, 0.717) is 31.5 Å². The number of hydrogen-bond donors (Lipinski definition) is 1. The van der Waals surface area contributed by atoms with Crippen molar-refractivity contribution >= 4 is 32.1 Å². The second-order valence-corrected chi connectivity index (χ2v) is 11.0. The molecule has 0 spiro atoms. The largest absolute Gasteiger partial charge is 0.480 e. The minimum Gasteiger partial charge on any atom is -0.480 e. The molecule has 1 aliphatic heterocycles. The maximum atomic E-state index is 13.6. The second kappa shape index (κ2) is 10.2. The average Bonchev–Trinajstić information content (AvgIpc) is 2.74. The molecule has 0 amide bonds. The summed E-state index contributed by atoms with van der Waals surface area (Å²) >= 11 is 3.44. The van der Waals surface area contributed by atoms with Gasteiger partial charge in [-0.1, -0.05) is 48.0 Å². The van der Waals surface area contributed by atoms with Gasteiger partial charge in [-0.3, -0.25) is 9.78 Å². The van der Waals surface area contributed by atoms with Crippen LogP contribution in [0.25, 0.3) is 0 Å². The molecule has 0 bridgehead atoms. The first-order valence-corrected chi connectivity index (χ1v) is 12.5. The summed E-state index contributed by atoms with van der Waals surface area (Å²) in [6.45, 7) is 4.14. The Kier molecular flexibility index (Phi) is 7.85. The first-order valence-electron chi connectivity index (χ1n) is 10.3. The summed E-state index contributed by atoms with van der Waals surface area (Å²) in [5.41, 5.74) is 1.85. The third-order valence-electron chi connectivity index (χ3n) is 5.67. The van der Waals surface area contributed by atoms with Gasteiger partial charge in [0.2, 0.25) is 0 Å². The number of carboxylic acid groups (broad SMARTS) is 1. The number of nitrogens with zero attached hydrogens (tertiary/aromatic N) is 3. The molecule has 7 nitrogen and oxygen atoms in total. The Morgan fingerprint density at radius 3 is 2.39 bits per heavy atom. The van der Waals surface area contributed by atoms with Crippen molar-refractivity contribution < 1.29 is 18.3 Å². The lowest BCUT2D eigenvalue weighted by atomic mass is 9.90. The summed E-state index contributed by atoms with van der Waals surface area (Å²) in [6, 6.07) is 10.4. The molecule has 1 aliphatic rings. The smallest absolute Gasteiger partial charge is 0.322 e. The quantitative estimate of drug-likeness (QED) is 0.582. The number of aliphatic carboxylic acids is 1. The zero-order chi connectivity index (χ0) is 22.6. The van der Waals surface area contributed by atoms with E-state index in [9.17, 15) is 18.3 Å². The number of piperidine rings is 1. The van der Waals surface area contributed by atoms with Crippen molar-refractivity contribution in [3.05, 3.63) is 64.4 Å². The third-order valence-corrected chi connectivity index (χ3v) is 8.17. The molecule has 0 unspecified atom stereocenters. The highest BCUT2D eigenvalue weighted by atomic mass is 79.9. The summed E-state index contributed by atoms with van der Waals surface area (Å²) in [6.07, 6.45) is 4.57. The summed E-state index contributed by atoms with van der Waals surface area (Å²) in [5, 5.41) is 9.82. The van der Waals surface area contributed by atoms with Gasteiger partial charge in [-0.25, -0.2) is 0 Å². The molecule has 9 heteroatoms. The van der Waals surface area contributed by atoms with Crippen LogP contribution in [0.3, 0.4) is 0 Å². The standard InChI is InChI=1S/C22H28BrN3O4S/c1-16(2)21(22(27)28)26(15-17-4-3-11-24-14-17)31(29,30)25-12-9-19(10-13-25)18-5-7-20(23)8-6-18/h3-8,11,14,16,19,21H,9-10,12-13,15H2,1-2H3,(H,27,28)/t21-/m1/s1. The fourth-order valence-electron chi connectivity index (χ4n) is 4.04. The van der Waals surface area contributed by atoms with Gasteiger partial charge >= 0.3 is 5.97 Å². The molecule has 0 saturated carbocycles. The van der Waals surface area contributed by atoms with E-state index in [4.69, 9.17) is 0 Å². The van der Waals surface area contributed by atoms with Gasteiger partial charge < -0.3 is 5.11 Å². The van der Waals surface area contributed by atoms with E-state index in [1.165, 1.54) is 9.87 Å². The summed E-state index contributed by atoms with van der Waals surface area (Å²) in [4.78, 5) is 16.1. The summed E-state index contributed by atoms with van der Waals surface area (Å²) < 4.78 is 30.7. The molecule has 1 aromatic heterocycles. The van der Waals surface area contributed by atoms with Gasteiger partial charge in [0.05, 0.1) is 0 Å². The number of pyridine rings is 1. The van der Waals surface area contributed by atoms with E-state index in [0.717, 1.165) is 8.78 Å². The Morgan fingerprint density at radius 1 is 1.23 bits per heavy atom. The Labute approximate surface area is 192 Å². The maximum Gasteiger partial charge on any atom is 0.322 e. The van der Waals surface area contributed by atoms with Crippen molar-refractivity contribution in [2.45, 2.75) is 45.2 Å². The molecule has 0 aliphatic carbocycles. The monoisotopic (exact) mass is 509 g/mol. The van der Waals surface area contributed by atoms with Crippen molar-refractivity contribution in [3.8, 4) is 0 Å². The third kappa shape index (κ3) is 5.71. The highest BCUT2D eigenvalue weighted by molar-refractivity contribution is 9.10. The number of benzene rings is 1. The van der Waals surface area contributed by atoms with Crippen LogP contribution in [0, 0.1) is 5.92 Å². The van der Waals surface area contributed by atoms with Crippen LogP contribution in [0.5, 0.6) is 0 Å². The Bertz CT molecular complexity index is 976. The number of rotatable bonds is 8. The number of carbonyl (C=O) groups is 1. The van der Waals surface area contributed by atoms with Gasteiger partial charge in [0.25, 0.3) is 10.2 Å². The number of halogens is 1. The summed E-state index contributed by atoms with van der Waals surface area (Å²) in [7, 11) is -3.97. The molecule has 2 heterocycles. The number of aromatic nitrogens is 1. The molecule has 1 saturated heterocycles. The topological polar surface area (TPSA) is 90.8 Å². The zero-order valence-corrected chi connectivity index (χ0v) is 20.1. The van der Waals surface area contributed by atoms with E-state index in [1.54, 1.807) is 38.4 Å². The molecular formula is C22H28BrN3O4S. The molecular weight excluding hydrogens is 482 g/mol. The number of carboxylic acids is 1. The predicted octanol–water partition coefficient (Wildman–Crippen LogP) is 3.88. The molecule has 1 fully saturated rings. The molecule has 2 aromatic rings. The molecule has 1 atom stereocenters. The normalized spacial score (nSPS) is 17.2. The van der Waals surface area contributed by atoms with Crippen LogP contribution in [-0.4, -0.2) is 52.2 Å². The van der Waals surface area contributed by atoms with Crippen LogP contribution >= 0.6 is 15.9 Å². The van der Waals surface area contributed by atoms with Gasteiger partial charge in [-0.05, 0) is 54.0 Å². The SMILES string of the molecule is CC(C)[C@H](C(=O)O)N(Cc1cccnc1)S(=O)(=O)N1CCC(c2ccc(Br)cc2)CC1. The van der Waals surface area contributed by atoms with Crippen molar-refractivity contribution in [2.24, 2.45) is 5.92 Å². The Balaban J connectivity index is 1.82. The van der Waals surface area contributed by atoms with E-state index in [1.807, 2.05) is 12.1 Å². The maximum absolute atomic E-state index is 13.6. The van der Waals surface area contributed by atoms with Crippen molar-refractivity contribution in [1.29, 1.82) is 0 Å². The average molecular weight is 510 g/mol. The predicted molar refractivity (Wildman–Crippen MR) is 123 cm³/mol. The minimum atomic E-state index is -3.97. The molecule has 1 N–H and O–H groups in total. The van der Waals surface area contributed by atoms with E-state index in [-0.39, 0.29) is 18.4 Å². The van der Waals surface area contributed by atoms with Crippen molar-refractivity contribution in [1.82, 2.24) is 13.6 Å². The highest BCUT2D eigenvalue weighted by Crippen LogP contribution is 2.32. The van der Waals surface area contributed by atoms with Crippen LogP contribution in [-0.2, 0) is 21.5 Å². The van der Waals surface area contributed by atoms with Gasteiger partial charge in [0, 0.05) is 36.5 Å². The van der Waals surface area contributed by atoms with Gasteiger partial charge in [0.1, 0.15) is 6.04 Å². The highest BCUT2D eigenvalue weighted by Gasteiger charge is 2.41. The van der Waals surface area contributed by atoms with E-state index >= 15 is 0 Å². The lowest BCUT2D eigenvalue weighted by Crippen LogP contribution is -2.54. The fourth-order valence-corrected chi connectivity index (χ4v) is 6.21. The first kappa shape index (κ1) is 23.8. The molecule has 1 aromatic carbocycles. The second-order valence-electron chi connectivity index (χ2n) is 8.17. The van der Waals surface area contributed by atoms with Gasteiger partial charge in [-0.2, -0.15) is 17.0 Å². The lowest BCUT2D eigenvalue weighted by molar-refractivity contribution is -0.143. The van der Waals surface area contributed by atoms with E-state index < -0.39 is 22.2 Å². The Hall–Kier alpha value is -1.81. The zero-order valence-electron chi connectivity index (χ0n) is 17.7. The van der Waals surface area contributed by atoms with Crippen LogP contribution in [0.15, 0.2) is 53.3 Å². The van der Waals surface area contributed by atoms with Crippen LogP contribution in [0.4, 0.5) is 0 Å². The van der Waals surface area contributed by atoms with Crippen LogP contribution < -0.4 is 0 Å². The molecule has 3 rings (SSSR count). The Morgan fingerprint density at radius 2 is 1.87 bits per heavy atom. The first-order chi connectivity index (χ1) is 14.7. The summed E-state index contributed by atoms with van der Waals surface area (Å²) in [5.74, 6) is -1.25. The van der Waals surface area contributed by atoms with Crippen LogP contribution in [0.1, 0.15) is 43.7 Å². The molecule has 0 radical (unpaired) electrons.